The maximum atomic E-state index is 12.4. The smallest absolute Gasteiger partial charge is 0.339 e. The Bertz CT molecular complexity index is 668. The Morgan fingerprint density at radius 1 is 1.18 bits per heavy atom. The number of methoxy groups -OCH3 is 1. The lowest BCUT2D eigenvalue weighted by atomic mass is 10.2. The highest BCUT2D eigenvalue weighted by Crippen LogP contribution is 2.16. The minimum absolute atomic E-state index is 0.102. The fraction of sp³-hybridized carbons (Fsp3) is 0.579. The van der Waals surface area contributed by atoms with E-state index < -0.39 is 0 Å². The topological polar surface area (TPSA) is 89.0 Å². The highest BCUT2D eigenvalue weighted by molar-refractivity contribution is 7.99. The van der Waals surface area contributed by atoms with Gasteiger partial charge >= 0.3 is 11.9 Å². The van der Waals surface area contributed by atoms with Crippen molar-refractivity contribution in [1.82, 2.24) is 9.88 Å². The number of hydrogen-bond acceptors (Lipinski definition) is 8. The first-order valence-electron chi connectivity index (χ1n) is 9.35. The molecule has 154 valence electrons. The second-order valence-corrected chi connectivity index (χ2v) is 7.33. The van der Waals surface area contributed by atoms with Gasteiger partial charge in [-0.25, -0.2) is 9.78 Å². The van der Waals surface area contributed by atoms with Crippen molar-refractivity contribution in [2.24, 2.45) is 0 Å². The van der Waals surface area contributed by atoms with Crippen molar-refractivity contribution < 1.29 is 23.9 Å². The van der Waals surface area contributed by atoms with Gasteiger partial charge in [-0.2, -0.15) is 0 Å². The lowest BCUT2D eigenvalue weighted by Crippen LogP contribution is -2.35. The van der Waals surface area contributed by atoms with Crippen LogP contribution in [-0.4, -0.2) is 79.1 Å². The van der Waals surface area contributed by atoms with Gasteiger partial charge in [0.15, 0.2) is 0 Å². The molecule has 0 aromatic carbocycles. The average Bonchev–Trinajstić information content (AvgIpc) is 2.97. The first kappa shape index (κ1) is 22.0. The second kappa shape index (κ2) is 11.5. The van der Waals surface area contributed by atoms with Crippen LogP contribution in [0, 0.1) is 0 Å². The van der Waals surface area contributed by atoms with E-state index in [0.717, 1.165) is 18.8 Å². The van der Waals surface area contributed by atoms with Crippen molar-refractivity contribution in [2.45, 2.75) is 19.8 Å². The fourth-order valence-corrected chi connectivity index (χ4v) is 3.58. The van der Waals surface area contributed by atoms with Crippen LogP contribution in [0.3, 0.4) is 0 Å². The van der Waals surface area contributed by atoms with E-state index in [4.69, 9.17) is 4.74 Å². The van der Waals surface area contributed by atoms with Crippen LogP contribution in [-0.2, 0) is 19.1 Å². The van der Waals surface area contributed by atoms with Gasteiger partial charge < -0.3 is 19.3 Å². The number of esters is 2. The molecule has 0 spiro atoms. The van der Waals surface area contributed by atoms with E-state index in [-0.39, 0.29) is 23.6 Å². The van der Waals surface area contributed by atoms with Gasteiger partial charge in [0.1, 0.15) is 5.82 Å². The number of ether oxygens (including phenoxy) is 2. The fourth-order valence-electron chi connectivity index (χ4n) is 2.84. The maximum absolute atomic E-state index is 12.4. The predicted octanol–water partition coefficient (Wildman–Crippen LogP) is 1.59. The summed E-state index contributed by atoms with van der Waals surface area (Å²) in [6.45, 7) is 4.92. The number of rotatable bonds is 8. The van der Waals surface area contributed by atoms with Crippen LogP contribution in [0.4, 0.5) is 5.82 Å². The summed E-state index contributed by atoms with van der Waals surface area (Å²) in [5.74, 6) is 1.11. The van der Waals surface area contributed by atoms with E-state index in [1.807, 2.05) is 11.0 Å². The zero-order chi connectivity index (χ0) is 20.4. The number of aromatic nitrogens is 1. The molecule has 8 nitrogen and oxygen atoms in total. The largest absolute Gasteiger partial charge is 0.468 e. The van der Waals surface area contributed by atoms with Gasteiger partial charge in [-0.3, -0.25) is 9.59 Å². The molecule has 1 aliphatic rings. The molecule has 0 bridgehead atoms. The third-order valence-electron chi connectivity index (χ3n) is 4.34. The van der Waals surface area contributed by atoms with Crippen molar-refractivity contribution in [3.8, 4) is 0 Å². The highest BCUT2D eigenvalue weighted by Gasteiger charge is 2.20. The molecule has 0 saturated carbocycles. The molecule has 2 heterocycles. The second-order valence-electron chi connectivity index (χ2n) is 6.23. The van der Waals surface area contributed by atoms with E-state index in [1.54, 1.807) is 13.0 Å². The summed E-state index contributed by atoms with van der Waals surface area (Å²) in [5, 5.41) is 0. The Morgan fingerprint density at radius 3 is 2.68 bits per heavy atom. The van der Waals surface area contributed by atoms with Gasteiger partial charge in [-0.15, -0.1) is 11.8 Å². The quantitative estimate of drug-likeness (QED) is 0.472. The molecule has 0 radical (unpaired) electrons. The Kier molecular flexibility index (Phi) is 9.06. The van der Waals surface area contributed by atoms with Crippen LogP contribution in [0.5, 0.6) is 0 Å². The van der Waals surface area contributed by atoms with Crippen LogP contribution in [0.1, 0.15) is 30.1 Å². The minimum Gasteiger partial charge on any atom is -0.468 e. The van der Waals surface area contributed by atoms with Crippen LogP contribution in [0.2, 0.25) is 0 Å². The van der Waals surface area contributed by atoms with Gasteiger partial charge in [-0.05, 0) is 25.5 Å². The molecule has 1 aliphatic heterocycles. The Balaban J connectivity index is 1.81. The molecule has 2 rings (SSSR count). The van der Waals surface area contributed by atoms with E-state index in [1.165, 1.54) is 25.1 Å². The number of hydrogen-bond donors (Lipinski definition) is 0. The lowest BCUT2D eigenvalue weighted by Gasteiger charge is -2.23. The number of nitrogens with zero attached hydrogens (tertiary/aromatic N) is 3. The summed E-state index contributed by atoms with van der Waals surface area (Å²) >= 11 is 1.41. The Hall–Kier alpha value is -2.29. The minimum atomic E-state index is -0.376. The summed E-state index contributed by atoms with van der Waals surface area (Å²) in [6.07, 6.45) is 2.79. The summed E-state index contributed by atoms with van der Waals surface area (Å²) in [7, 11) is 1.36. The van der Waals surface area contributed by atoms with E-state index in [9.17, 15) is 14.4 Å². The zero-order valence-electron chi connectivity index (χ0n) is 16.4. The molecular formula is C19H27N3O5S. The van der Waals surface area contributed by atoms with Crippen molar-refractivity contribution in [3.05, 3.63) is 23.9 Å². The van der Waals surface area contributed by atoms with Gasteiger partial charge in [0.2, 0.25) is 5.91 Å². The van der Waals surface area contributed by atoms with Crippen molar-refractivity contribution in [1.29, 1.82) is 0 Å². The molecule has 9 heteroatoms. The maximum Gasteiger partial charge on any atom is 0.339 e. The first-order chi connectivity index (χ1) is 13.5. The van der Waals surface area contributed by atoms with Crippen molar-refractivity contribution >= 4 is 35.4 Å². The van der Waals surface area contributed by atoms with Gasteiger partial charge in [-0.1, -0.05) is 0 Å². The number of pyridine rings is 1. The lowest BCUT2D eigenvalue weighted by molar-refractivity contribution is -0.137. The van der Waals surface area contributed by atoms with Gasteiger partial charge in [0, 0.05) is 44.5 Å². The van der Waals surface area contributed by atoms with Crippen LogP contribution >= 0.6 is 11.8 Å². The molecule has 1 saturated heterocycles. The third kappa shape index (κ3) is 6.70. The molecular weight excluding hydrogens is 382 g/mol. The van der Waals surface area contributed by atoms with E-state index in [2.05, 4.69) is 14.6 Å². The van der Waals surface area contributed by atoms with Gasteiger partial charge in [0.25, 0.3) is 0 Å². The van der Waals surface area contributed by atoms with Gasteiger partial charge in [0.05, 0.1) is 25.0 Å². The summed E-state index contributed by atoms with van der Waals surface area (Å²) in [4.78, 5) is 43.6. The average molecular weight is 410 g/mol. The third-order valence-corrected chi connectivity index (χ3v) is 5.27. The molecule has 0 atom stereocenters. The molecule has 28 heavy (non-hydrogen) atoms. The summed E-state index contributed by atoms with van der Waals surface area (Å²) in [6, 6.07) is 3.53. The molecule has 0 N–H and O–H groups in total. The number of carbonyl (C=O) groups is 3. The normalized spacial score (nSPS) is 14.4. The van der Waals surface area contributed by atoms with Crippen molar-refractivity contribution in [2.75, 3.05) is 56.3 Å². The van der Waals surface area contributed by atoms with Crippen LogP contribution in [0.25, 0.3) is 0 Å². The first-order valence-corrected chi connectivity index (χ1v) is 10.5. The SMILES string of the molecule is CCOC(=O)c1ccc(N2CCCN(C(=O)CCSCC(=O)OC)CC2)nc1. The summed E-state index contributed by atoms with van der Waals surface area (Å²) in [5.41, 5.74) is 0.432. The van der Waals surface area contributed by atoms with Crippen LogP contribution in [0.15, 0.2) is 18.3 Å². The predicted molar refractivity (Wildman–Crippen MR) is 108 cm³/mol. The number of carbonyl (C=O) groups excluding carboxylic acids is 3. The number of anilines is 1. The van der Waals surface area contributed by atoms with E-state index in [0.29, 0.717) is 44.0 Å². The molecule has 1 amide bonds. The molecule has 0 aliphatic carbocycles. The number of amides is 1. The highest BCUT2D eigenvalue weighted by atomic mass is 32.2. The van der Waals surface area contributed by atoms with E-state index >= 15 is 0 Å². The zero-order valence-corrected chi connectivity index (χ0v) is 17.2. The molecule has 1 aromatic heterocycles. The van der Waals surface area contributed by atoms with Crippen molar-refractivity contribution in [3.63, 3.8) is 0 Å². The number of thioether (sulfide) groups is 1. The molecule has 0 unspecified atom stereocenters. The molecule has 1 aromatic rings. The Labute approximate surface area is 169 Å². The standard InChI is InChI=1S/C19H27N3O5S/c1-3-27-19(25)15-5-6-16(20-13-15)21-8-4-9-22(11-10-21)17(23)7-12-28-14-18(24)26-2/h5-6,13H,3-4,7-12,14H2,1-2H3. The monoisotopic (exact) mass is 409 g/mol. The van der Waals surface area contributed by atoms with Crippen LogP contribution < -0.4 is 4.90 Å². The summed E-state index contributed by atoms with van der Waals surface area (Å²) < 4.78 is 9.55. The molecule has 1 fully saturated rings. The Morgan fingerprint density at radius 2 is 2.00 bits per heavy atom.